The summed E-state index contributed by atoms with van der Waals surface area (Å²) < 4.78 is 10.5. The third-order valence-corrected chi connectivity index (χ3v) is 4.85. The minimum absolute atomic E-state index is 0.0334. The normalized spacial score (nSPS) is 11.8. The highest BCUT2D eigenvalue weighted by Gasteiger charge is 2.15. The molecule has 21 heavy (non-hydrogen) atoms. The molecule has 6 nitrogen and oxygen atoms in total. The van der Waals surface area contributed by atoms with Crippen LogP contribution in [0.1, 0.15) is 12.5 Å². The van der Waals surface area contributed by atoms with Crippen LogP contribution in [0.2, 0.25) is 25.7 Å². The van der Waals surface area contributed by atoms with Crippen LogP contribution in [0.5, 0.6) is 6.01 Å². The molecule has 0 bridgehead atoms. The fourth-order valence-corrected chi connectivity index (χ4v) is 2.64. The van der Waals surface area contributed by atoms with E-state index >= 15 is 0 Å². The van der Waals surface area contributed by atoms with Crippen LogP contribution in [0.15, 0.2) is 20.1 Å². The van der Waals surface area contributed by atoms with Gasteiger partial charge in [0.15, 0.2) is 0 Å². The van der Waals surface area contributed by atoms with Crippen molar-refractivity contribution < 1.29 is 9.15 Å². The lowest BCUT2D eigenvalue weighted by atomic mass is 10.1. The zero-order valence-electron chi connectivity index (χ0n) is 12.8. The highest BCUT2D eigenvalue weighted by Crippen LogP contribution is 2.14. The van der Waals surface area contributed by atoms with Crippen LogP contribution in [0.25, 0.3) is 11.1 Å². The predicted octanol–water partition coefficient (Wildman–Crippen LogP) is 2.16. The Kier molecular flexibility index (Phi) is 4.31. The molecule has 0 spiro atoms. The zero-order valence-corrected chi connectivity index (χ0v) is 13.8. The van der Waals surface area contributed by atoms with Crippen molar-refractivity contribution in [2.45, 2.75) is 39.0 Å². The van der Waals surface area contributed by atoms with Crippen LogP contribution in [0.4, 0.5) is 0 Å². The highest BCUT2D eigenvalue weighted by atomic mass is 28.3. The lowest BCUT2D eigenvalue weighted by Gasteiger charge is -2.15. The molecule has 0 amide bonds. The minimum Gasteiger partial charge on any atom is -0.465 e. The first-order chi connectivity index (χ1) is 9.80. The molecule has 0 unspecified atom stereocenters. The van der Waals surface area contributed by atoms with E-state index < -0.39 is 13.7 Å². The van der Waals surface area contributed by atoms with E-state index in [1.165, 1.54) is 6.07 Å². The number of ether oxygens (including phenoxy) is 1. The van der Waals surface area contributed by atoms with E-state index in [0.717, 1.165) is 6.04 Å². The smallest absolute Gasteiger partial charge is 0.337 e. The Morgan fingerprint density at radius 3 is 2.67 bits per heavy atom. The predicted molar refractivity (Wildman–Crippen MR) is 83.9 cm³/mol. The Labute approximate surface area is 123 Å². The standard InChI is InChI=1S/C14H20N2O4Si/c1-5-9-8-10(17)20-13-11(9)12(18)15-14(16-13)19-6-7-21(2,3)4/h8H,5-7H2,1-4H3,(H,15,16,18). The fourth-order valence-electron chi connectivity index (χ4n) is 1.93. The Hall–Kier alpha value is -1.89. The van der Waals surface area contributed by atoms with Crippen LogP contribution in [-0.2, 0) is 6.42 Å². The molecule has 0 fully saturated rings. The average molecular weight is 308 g/mol. The van der Waals surface area contributed by atoms with Gasteiger partial charge in [-0.3, -0.25) is 9.78 Å². The molecule has 1 N–H and O–H groups in total. The summed E-state index contributed by atoms with van der Waals surface area (Å²) in [6.45, 7) is 9.06. The SMILES string of the molecule is CCc1cc(=O)oc2nc(OCC[Si](C)(C)C)[nH]c(=O)c12. The maximum Gasteiger partial charge on any atom is 0.337 e. The van der Waals surface area contributed by atoms with Crippen LogP contribution in [0.3, 0.4) is 0 Å². The van der Waals surface area contributed by atoms with Gasteiger partial charge in [-0.05, 0) is 18.0 Å². The van der Waals surface area contributed by atoms with Gasteiger partial charge in [0.05, 0.1) is 6.61 Å². The van der Waals surface area contributed by atoms with Crippen molar-refractivity contribution in [1.82, 2.24) is 9.97 Å². The van der Waals surface area contributed by atoms with Crippen molar-refractivity contribution in [2.75, 3.05) is 6.61 Å². The van der Waals surface area contributed by atoms with E-state index in [1.807, 2.05) is 6.92 Å². The highest BCUT2D eigenvalue weighted by molar-refractivity contribution is 6.76. The van der Waals surface area contributed by atoms with Crippen molar-refractivity contribution in [3.63, 3.8) is 0 Å². The van der Waals surface area contributed by atoms with Gasteiger partial charge in [0, 0.05) is 14.1 Å². The average Bonchev–Trinajstić information content (AvgIpc) is 2.35. The van der Waals surface area contributed by atoms with Crippen molar-refractivity contribution in [3.05, 3.63) is 32.4 Å². The molecule has 0 aliphatic heterocycles. The van der Waals surface area contributed by atoms with Gasteiger partial charge in [0.25, 0.3) is 11.6 Å². The maximum atomic E-state index is 12.1. The second-order valence-corrected chi connectivity index (χ2v) is 11.8. The van der Waals surface area contributed by atoms with Crippen molar-refractivity contribution in [2.24, 2.45) is 0 Å². The number of fused-ring (bicyclic) bond motifs is 1. The zero-order chi connectivity index (χ0) is 15.6. The summed E-state index contributed by atoms with van der Waals surface area (Å²) in [6, 6.07) is 2.38. The maximum absolute atomic E-state index is 12.1. The lowest BCUT2D eigenvalue weighted by Crippen LogP contribution is -2.23. The van der Waals surface area contributed by atoms with E-state index in [-0.39, 0.29) is 17.3 Å². The van der Waals surface area contributed by atoms with E-state index in [2.05, 4.69) is 29.6 Å². The monoisotopic (exact) mass is 308 g/mol. The molecule has 0 aliphatic rings. The number of aromatic amines is 1. The quantitative estimate of drug-likeness (QED) is 0.855. The number of nitrogens with zero attached hydrogens (tertiary/aromatic N) is 1. The topological polar surface area (TPSA) is 85.2 Å². The van der Waals surface area contributed by atoms with E-state index in [0.29, 0.717) is 24.0 Å². The van der Waals surface area contributed by atoms with Crippen molar-refractivity contribution in [3.8, 4) is 6.01 Å². The Morgan fingerprint density at radius 1 is 1.33 bits per heavy atom. The summed E-state index contributed by atoms with van der Waals surface area (Å²) in [4.78, 5) is 30.3. The second-order valence-electron chi connectivity index (χ2n) is 6.15. The van der Waals surface area contributed by atoms with Gasteiger partial charge in [0.1, 0.15) is 5.39 Å². The first-order valence-corrected chi connectivity index (χ1v) is 10.7. The summed E-state index contributed by atoms with van der Waals surface area (Å²) in [5, 5.41) is 0.314. The van der Waals surface area contributed by atoms with Gasteiger partial charge >= 0.3 is 5.63 Å². The molecular formula is C14H20N2O4Si. The summed E-state index contributed by atoms with van der Waals surface area (Å²) in [7, 11) is -1.22. The Bertz CT molecular complexity index is 758. The number of hydrogen-bond donors (Lipinski definition) is 1. The third kappa shape index (κ3) is 3.81. The molecule has 114 valence electrons. The fraction of sp³-hybridized carbons (Fsp3) is 0.500. The van der Waals surface area contributed by atoms with E-state index in [4.69, 9.17) is 9.15 Å². The lowest BCUT2D eigenvalue weighted by molar-refractivity contribution is 0.309. The number of aryl methyl sites for hydroxylation is 1. The molecule has 7 heteroatoms. The molecule has 2 rings (SSSR count). The Balaban J connectivity index is 2.37. The molecule has 0 saturated heterocycles. The van der Waals surface area contributed by atoms with Gasteiger partial charge in [-0.15, -0.1) is 0 Å². The number of nitrogens with one attached hydrogen (secondary N) is 1. The number of aromatic nitrogens is 2. The second kappa shape index (κ2) is 5.85. The van der Waals surface area contributed by atoms with Gasteiger partial charge < -0.3 is 9.15 Å². The molecule has 0 saturated carbocycles. The molecule has 2 aromatic heterocycles. The number of rotatable bonds is 5. The first kappa shape index (κ1) is 15.5. The first-order valence-electron chi connectivity index (χ1n) is 7.00. The van der Waals surface area contributed by atoms with Crippen LogP contribution >= 0.6 is 0 Å². The van der Waals surface area contributed by atoms with Gasteiger partial charge in [-0.25, -0.2) is 4.79 Å². The van der Waals surface area contributed by atoms with Crippen LogP contribution in [-0.4, -0.2) is 24.6 Å². The molecular weight excluding hydrogens is 288 g/mol. The van der Waals surface area contributed by atoms with Crippen molar-refractivity contribution in [1.29, 1.82) is 0 Å². The number of hydrogen-bond acceptors (Lipinski definition) is 5. The van der Waals surface area contributed by atoms with Crippen LogP contribution < -0.4 is 15.9 Å². The molecule has 2 aromatic rings. The molecule has 0 aliphatic carbocycles. The summed E-state index contributed by atoms with van der Waals surface area (Å²) in [5.41, 5.74) is -0.191. The van der Waals surface area contributed by atoms with Gasteiger partial charge in [0.2, 0.25) is 5.71 Å². The Morgan fingerprint density at radius 2 is 2.05 bits per heavy atom. The molecule has 0 aromatic carbocycles. The van der Waals surface area contributed by atoms with Crippen molar-refractivity contribution >= 4 is 19.2 Å². The minimum atomic E-state index is -1.22. The number of H-pyrrole nitrogens is 1. The van der Waals surface area contributed by atoms with Gasteiger partial charge in [-0.2, -0.15) is 4.98 Å². The van der Waals surface area contributed by atoms with Crippen LogP contribution in [0, 0.1) is 0 Å². The molecule has 0 atom stereocenters. The largest absolute Gasteiger partial charge is 0.465 e. The molecule has 2 heterocycles. The summed E-state index contributed by atoms with van der Waals surface area (Å²) >= 11 is 0. The van der Waals surface area contributed by atoms with Gasteiger partial charge in [-0.1, -0.05) is 26.6 Å². The summed E-state index contributed by atoms with van der Waals surface area (Å²) in [5.74, 6) is 0. The van der Waals surface area contributed by atoms with E-state index in [9.17, 15) is 9.59 Å². The summed E-state index contributed by atoms with van der Waals surface area (Å²) in [6.07, 6.45) is 0.558. The molecule has 0 radical (unpaired) electrons. The van der Waals surface area contributed by atoms with E-state index in [1.54, 1.807) is 0 Å². The third-order valence-electron chi connectivity index (χ3n) is 3.15.